The Morgan fingerprint density at radius 3 is 2.67 bits per heavy atom. The maximum Gasteiger partial charge on any atom is 0.320 e. The van der Waals surface area contributed by atoms with Crippen molar-refractivity contribution in [1.29, 1.82) is 0 Å². The van der Waals surface area contributed by atoms with E-state index in [1.54, 1.807) is 7.11 Å². The van der Waals surface area contributed by atoms with Gasteiger partial charge in [-0.15, -0.1) is 0 Å². The molecule has 0 amide bonds. The van der Waals surface area contributed by atoms with Crippen molar-refractivity contribution >= 4 is 5.97 Å². The maximum absolute atomic E-state index is 11.0. The third kappa shape index (κ3) is 4.18. The number of carbonyl (C=O) groups is 1. The molecule has 0 bridgehead atoms. The summed E-state index contributed by atoms with van der Waals surface area (Å²) in [7, 11) is 1.65. The monoisotopic (exact) mass is 215 g/mol. The summed E-state index contributed by atoms with van der Waals surface area (Å²) in [5, 5.41) is 12.3. The van der Waals surface area contributed by atoms with Gasteiger partial charge in [-0.25, -0.2) is 0 Å². The van der Waals surface area contributed by atoms with Crippen molar-refractivity contribution in [2.75, 3.05) is 13.7 Å². The van der Waals surface area contributed by atoms with Gasteiger partial charge in [-0.3, -0.25) is 10.1 Å². The normalized spacial score (nSPS) is 19.9. The molecule has 0 spiro atoms. The van der Waals surface area contributed by atoms with Crippen molar-refractivity contribution in [3.05, 3.63) is 0 Å². The van der Waals surface area contributed by atoms with Gasteiger partial charge in [0.2, 0.25) is 0 Å². The first-order chi connectivity index (χ1) is 7.19. The van der Waals surface area contributed by atoms with E-state index in [1.807, 2.05) is 0 Å². The lowest BCUT2D eigenvalue weighted by Gasteiger charge is -2.22. The summed E-state index contributed by atoms with van der Waals surface area (Å²) >= 11 is 0. The minimum atomic E-state index is -0.727. The first-order valence-electron chi connectivity index (χ1n) is 5.66. The zero-order valence-corrected chi connectivity index (χ0v) is 9.53. The van der Waals surface area contributed by atoms with Crippen LogP contribution in [0.4, 0.5) is 0 Å². The van der Waals surface area contributed by atoms with E-state index in [9.17, 15) is 4.79 Å². The third-order valence-corrected chi connectivity index (χ3v) is 2.78. The van der Waals surface area contributed by atoms with Gasteiger partial charge in [-0.2, -0.15) is 0 Å². The third-order valence-electron chi connectivity index (χ3n) is 2.78. The molecule has 0 aromatic carbocycles. The molecule has 1 fully saturated rings. The van der Waals surface area contributed by atoms with Gasteiger partial charge in [0.15, 0.2) is 0 Å². The van der Waals surface area contributed by atoms with Crippen molar-refractivity contribution in [3.8, 4) is 0 Å². The maximum atomic E-state index is 11.0. The molecule has 2 atom stereocenters. The molecular formula is C11H21NO3. The first-order valence-corrected chi connectivity index (χ1v) is 5.66. The summed E-state index contributed by atoms with van der Waals surface area (Å²) in [6.07, 6.45) is 4.08. The smallest absolute Gasteiger partial charge is 0.320 e. The van der Waals surface area contributed by atoms with Crippen molar-refractivity contribution in [3.63, 3.8) is 0 Å². The van der Waals surface area contributed by atoms with Crippen LogP contribution in [-0.4, -0.2) is 36.9 Å². The van der Waals surface area contributed by atoms with Gasteiger partial charge in [-0.05, 0) is 25.2 Å². The Kier molecular flexibility index (Phi) is 5.05. The fourth-order valence-corrected chi connectivity index (χ4v) is 1.86. The number of nitrogens with one attached hydrogen (secondary N) is 1. The lowest BCUT2D eigenvalue weighted by atomic mass is 10.1. The van der Waals surface area contributed by atoms with Crippen LogP contribution in [0.5, 0.6) is 0 Å². The fourth-order valence-electron chi connectivity index (χ4n) is 1.86. The molecule has 0 aromatic rings. The molecule has 15 heavy (non-hydrogen) atoms. The Balaban J connectivity index is 2.41. The summed E-state index contributed by atoms with van der Waals surface area (Å²) in [4.78, 5) is 11.0. The molecule has 4 nitrogen and oxygen atoms in total. The van der Waals surface area contributed by atoms with E-state index >= 15 is 0 Å². The average Bonchev–Trinajstić information content (AvgIpc) is 2.97. The molecule has 88 valence electrons. The molecule has 2 unspecified atom stereocenters. The highest BCUT2D eigenvalue weighted by Crippen LogP contribution is 2.33. The predicted octanol–water partition coefficient (Wildman–Crippen LogP) is 1.25. The summed E-state index contributed by atoms with van der Waals surface area (Å²) < 4.78 is 5.08. The Hall–Kier alpha value is -0.610. The molecule has 1 aliphatic rings. The highest BCUT2D eigenvalue weighted by atomic mass is 16.5. The molecule has 0 aliphatic heterocycles. The van der Waals surface area contributed by atoms with E-state index in [4.69, 9.17) is 9.84 Å². The number of carboxylic acid groups (broad SMARTS) is 1. The molecular weight excluding hydrogens is 194 g/mol. The van der Waals surface area contributed by atoms with E-state index < -0.39 is 5.97 Å². The van der Waals surface area contributed by atoms with Crippen LogP contribution in [0.2, 0.25) is 0 Å². The first kappa shape index (κ1) is 12.5. The Morgan fingerprint density at radius 1 is 1.60 bits per heavy atom. The second kappa shape index (κ2) is 6.08. The number of rotatable bonds is 8. The van der Waals surface area contributed by atoms with Gasteiger partial charge >= 0.3 is 5.97 Å². The van der Waals surface area contributed by atoms with Gasteiger partial charge in [0.05, 0.1) is 6.61 Å². The van der Waals surface area contributed by atoms with Crippen LogP contribution in [0.3, 0.4) is 0 Å². The molecule has 1 rings (SSSR count). The summed E-state index contributed by atoms with van der Waals surface area (Å²) in [5.41, 5.74) is 0. The van der Waals surface area contributed by atoms with Crippen LogP contribution in [0, 0.1) is 5.92 Å². The van der Waals surface area contributed by atoms with E-state index in [-0.39, 0.29) is 12.1 Å². The van der Waals surface area contributed by atoms with Crippen LogP contribution < -0.4 is 5.32 Å². The number of methoxy groups -OCH3 is 1. The van der Waals surface area contributed by atoms with E-state index in [0.717, 1.165) is 25.7 Å². The molecule has 1 saturated carbocycles. The average molecular weight is 215 g/mol. The van der Waals surface area contributed by atoms with Crippen LogP contribution in [0.15, 0.2) is 0 Å². The highest BCUT2D eigenvalue weighted by Gasteiger charge is 2.37. The largest absolute Gasteiger partial charge is 0.480 e. The molecule has 0 saturated heterocycles. The zero-order valence-electron chi connectivity index (χ0n) is 9.53. The number of hydrogen-bond donors (Lipinski definition) is 2. The minimum Gasteiger partial charge on any atom is -0.480 e. The summed E-state index contributed by atoms with van der Waals surface area (Å²) in [6.45, 7) is 2.68. The van der Waals surface area contributed by atoms with Crippen molar-refractivity contribution in [2.45, 2.75) is 44.7 Å². The Bertz CT molecular complexity index is 198. The SMILES string of the molecule is CCCC(COC)NC(C(=O)O)C1CC1. The topological polar surface area (TPSA) is 58.6 Å². The van der Waals surface area contributed by atoms with Crippen LogP contribution in [-0.2, 0) is 9.53 Å². The fraction of sp³-hybridized carbons (Fsp3) is 0.909. The van der Waals surface area contributed by atoms with Crippen LogP contribution in [0.1, 0.15) is 32.6 Å². The minimum absolute atomic E-state index is 0.168. The second-order valence-electron chi connectivity index (χ2n) is 4.26. The molecule has 0 radical (unpaired) electrons. The second-order valence-corrected chi connectivity index (χ2v) is 4.26. The van der Waals surface area contributed by atoms with E-state index in [0.29, 0.717) is 12.5 Å². The molecule has 0 aromatic heterocycles. The van der Waals surface area contributed by atoms with Gasteiger partial charge in [0.1, 0.15) is 6.04 Å². The molecule has 1 aliphatic carbocycles. The van der Waals surface area contributed by atoms with Gasteiger partial charge < -0.3 is 9.84 Å². The zero-order chi connectivity index (χ0) is 11.3. The lowest BCUT2D eigenvalue weighted by molar-refractivity contribution is -0.140. The number of hydrogen-bond acceptors (Lipinski definition) is 3. The summed E-state index contributed by atoms with van der Waals surface area (Å²) in [5.74, 6) is -0.395. The van der Waals surface area contributed by atoms with Gasteiger partial charge in [-0.1, -0.05) is 13.3 Å². The van der Waals surface area contributed by atoms with Crippen LogP contribution >= 0.6 is 0 Å². The number of ether oxygens (including phenoxy) is 1. The summed E-state index contributed by atoms with van der Waals surface area (Å²) in [6, 6.07) is -0.210. The van der Waals surface area contributed by atoms with Gasteiger partial charge in [0, 0.05) is 13.2 Å². The van der Waals surface area contributed by atoms with Crippen molar-refractivity contribution < 1.29 is 14.6 Å². The quantitative estimate of drug-likeness (QED) is 0.640. The molecule has 4 heteroatoms. The lowest BCUT2D eigenvalue weighted by Crippen LogP contribution is -2.46. The van der Waals surface area contributed by atoms with Crippen molar-refractivity contribution in [2.24, 2.45) is 5.92 Å². The molecule has 2 N–H and O–H groups in total. The number of carboxylic acids is 1. The van der Waals surface area contributed by atoms with Gasteiger partial charge in [0.25, 0.3) is 0 Å². The standard InChI is InChI=1S/C11H21NO3/c1-3-4-9(7-15-2)12-10(11(13)14)8-5-6-8/h8-10,12H,3-7H2,1-2H3,(H,13,14). The van der Waals surface area contributed by atoms with Crippen LogP contribution in [0.25, 0.3) is 0 Å². The van der Waals surface area contributed by atoms with Crippen molar-refractivity contribution in [1.82, 2.24) is 5.32 Å². The highest BCUT2D eigenvalue weighted by molar-refractivity contribution is 5.74. The predicted molar refractivity (Wildman–Crippen MR) is 57.9 cm³/mol. The number of aliphatic carboxylic acids is 1. The molecule has 0 heterocycles. The van der Waals surface area contributed by atoms with E-state index in [1.165, 1.54) is 0 Å². The Labute approximate surface area is 91.0 Å². The van der Waals surface area contributed by atoms with E-state index in [2.05, 4.69) is 12.2 Å². The Morgan fingerprint density at radius 2 is 2.27 bits per heavy atom.